The zero-order valence-electron chi connectivity index (χ0n) is 15.7. The Balaban J connectivity index is 0.00000338. The Bertz CT molecular complexity index is 721. The van der Waals surface area contributed by atoms with Gasteiger partial charge in [-0.2, -0.15) is 0 Å². The van der Waals surface area contributed by atoms with Crippen molar-refractivity contribution in [2.75, 3.05) is 45.1 Å². The van der Waals surface area contributed by atoms with Crippen LogP contribution in [0.2, 0.25) is 0 Å². The highest BCUT2D eigenvalue weighted by atomic mass is 127. The Kier molecular flexibility index (Phi) is 9.49. The van der Waals surface area contributed by atoms with Crippen LogP contribution in [0.5, 0.6) is 11.5 Å². The van der Waals surface area contributed by atoms with Gasteiger partial charge in [-0.05, 0) is 19.1 Å². The molecule has 2 aromatic rings. The first-order valence-corrected chi connectivity index (χ1v) is 8.85. The van der Waals surface area contributed by atoms with E-state index in [0.717, 1.165) is 22.3 Å². The van der Waals surface area contributed by atoms with Crippen LogP contribution in [-0.4, -0.2) is 45.8 Å². The third-order valence-electron chi connectivity index (χ3n) is 3.31. The number of anilines is 2. The molecule has 26 heavy (non-hydrogen) atoms. The summed E-state index contributed by atoms with van der Waals surface area (Å²) in [6.07, 6.45) is 0. The highest BCUT2D eigenvalue weighted by Gasteiger charge is 2.08. The van der Waals surface area contributed by atoms with Gasteiger partial charge in [-0.1, -0.05) is 0 Å². The zero-order valence-corrected chi connectivity index (χ0v) is 18.8. The van der Waals surface area contributed by atoms with Crippen molar-refractivity contribution in [3.05, 3.63) is 29.3 Å². The Morgan fingerprint density at radius 2 is 2.08 bits per heavy atom. The molecule has 0 saturated carbocycles. The van der Waals surface area contributed by atoms with Gasteiger partial charge in [-0.3, -0.25) is 4.99 Å². The average Bonchev–Trinajstić information content (AvgIpc) is 3.09. The lowest BCUT2D eigenvalue weighted by Crippen LogP contribution is -2.30. The lowest BCUT2D eigenvalue weighted by molar-refractivity contribution is 0.311. The molecule has 2 rings (SSSR count). The van der Waals surface area contributed by atoms with Crippen LogP contribution in [0.3, 0.4) is 0 Å². The molecular weight excluding hydrogens is 465 g/mol. The molecular formula is C17H26IN5O2S. The first-order chi connectivity index (χ1) is 12.1. The summed E-state index contributed by atoms with van der Waals surface area (Å²) in [7, 11) is 7.32. The van der Waals surface area contributed by atoms with Crippen molar-refractivity contribution < 1.29 is 9.47 Å². The number of hydrogen-bond acceptors (Lipinski definition) is 6. The van der Waals surface area contributed by atoms with Crippen LogP contribution in [0.25, 0.3) is 0 Å². The van der Waals surface area contributed by atoms with E-state index in [9.17, 15) is 0 Å². The van der Waals surface area contributed by atoms with E-state index in [1.165, 1.54) is 0 Å². The minimum atomic E-state index is 0. The summed E-state index contributed by atoms with van der Waals surface area (Å²) in [5.41, 5.74) is 1.83. The van der Waals surface area contributed by atoms with Gasteiger partial charge >= 0.3 is 0 Å². The standard InChI is InChI=1S/C17H25N5O2S.HI/c1-6-24-14-8-7-12(9-15(14)23-5)20-16(18-2)19-10-13-11-25-17(21-13)22(3)4;/h7-9,11H,6,10H2,1-5H3,(H2,18,19,20);1H. The van der Waals surface area contributed by atoms with Gasteiger partial charge in [0.2, 0.25) is 0 Å². The van der Waals surface area contributed by atoms with Crippen LogP contribution in [0.15, 0.2) is 28.6 Å². The number of methoxy groups -OCH3 is 1. The highest BCUT2D eigenvalue weighted by molar-refractivity contribution is 14.0. The minimum absolute atomic E-state index is 0. The molecule has 1 aromatic carbocycles. The number of ether oxygens (including phenoxy) is 2. The lowest BCUT2D eigenvalue weighted by Gasteiger charge is -2.14. The number of nitrogens with one attached hydrogen (secondary N) is 2. The van der Waals surface area contributed by atoms with E-state index in [4.69, 9.17) is 9.47 Å². The number of nitrogens with zero attached hydrogens (tertiary/aromatic N) is 3. The Hall–Kier alpha value is -1.75. The third kappa shape index (κ3) is 6.20. The van der Waals surface area contributed by atoms with Gasteiger partial charge in [0.25, 0.3) is 0 Å². The van der Waals surface area contributed by atoms with E-state index >= 15 is 0 Å². The van der Waals surface area contributed by atoms with Crippen molar-refractivity contribution in [1.82, 2.24) is 10.3 Å². The second kappa shape index (κ2) is 11.1. The first-order valence-electron chi connectivity index (χ1n) is 7.97. The summed E-state index contributed by atoms with van der Waals surface area (Å²) in [5, 5.41) is 9.52. The molecule has 0 saturated heterocycles. The predicted molar refractivity (Wildman–Crippen MR) is 120 cm³/mol. The van der Waals surface area contributed by atoms with Crippen LogP contribution in [0.4, 0.5) is 10.8 Å². The second-order valence-electron chi connectivity index (χ2n) is 5.37. The number of rotatable bonds is 7. The Labute approximate surface area is 175 Å². The molecule has 0 aliphatic rings. The number of aliphatic imine (C=N–C) groups is 1. The quantitative estimate of drug-likeness (QED) is 0.352. The molecule has 0 aliphatic carbocycles. The van der Waals surface area contributed by atoms with Crippen molar-refractivity contribution >= 4 is 52.1 Å². The summed E-state index contributed by atoms with van der Waals surface area (Å²) in [4.78, 5) is 10.8. The SMILES string of the molecule is CCOc1ccc(NC(=NC)NCc2csc(N(C)C)n2)cc1OC.I. The summed E-state index contributed by atoms with van der Waals surface area (Å²) < 4.78 is 10.9. The fourth-order valence-electron chi connectivity index (χ4n) is 2.09. The number of aromatic nitrogens is 1. The van der Waals surface area contributed by atoms with Crippen molar-refractivity contribution in [2.45, 2.75) is 13.5 Å². The normalized spacial score (nSPS) is 10.7. The summed E-state index contributed by atoms with van der Waals surface area (Å²) >= 11 is 1.62. The van der Waals surface area contributed by atoms with Crippen LogP contribution in [-0.2, 0) is 6.54 Å². The maximum atomic E-state index is 5.53. The van der Waals surface area contributed by atoms with Gasteiger partial charge in [0.15, 0.2) is 22.6 Å². The molecule has 144 valence electrons. The second-order valence-corrected chi connectivity index (χ2v) is 6.20. The molecule has 0 aliphatic heterocycles. The van der Waals surface area contributed by atoms with Crippen LogP contribution in [0, 0.1) is 0 Å². The Morgan fingerprint density at radius 1 is 1.31 bits per heavy atom. The Morgan fingerprint density at radius 3 is 2.65 bits per heavy atom. The smallest absolute Gasteiger partial charge is 0.195 e. The monoisotopic (exact) mass is 491 g/mol. The highest BCUT2D eigenvalue weighted by Crippen LogP contribution is 2.30. The number of benzene rings is 1. The first kappa shape index (κ1) is 22.3. The van der Waals surface area contributed by atoms with Crippen molar-refractivity contribution in [2.24, 2.45) is 4.99 Å². The number of halogens is 1. The fourth-order valence-corrected chi connectivity index (χ4v) is 2.85. The maximum absolute atomic E-state index is 5.53. The lowest BCUT2D eigenvalue weighted by atomic mass is 10.2. The van der Waals surface area contributed by atoms with Gasteiger partial charge in [0.1, 0.15) is 0 Å². The molecule has 9 heteroatoms. The molecule has 0 unspecified atom stereocenters. The molecule has 0 amide bonds. The molecule has 1 aromatic heterocycles. The van der Waals surface area contributed by atoms with Gasteiger partial charge in [0.05, 0.1) is 26.0 Å². The number of hydrogen-bond donors (Lipinski definition) is 2. The van der Waals surface area contributed by atoms with E-state index in [-0.39, 0.29) is 24.0 Å². The molecule has 0 fully saturated rings. The van der Waals surface area contributed by atoms with E-state index < -0.39 is 0 Å². The summed E-state index contributed by atoms with van der Waals surface area (Å²) in [6, 6.07) is 5.68. The topological polar surface area (TPSA) is 71.0 Å². The van der Waals surface area contributed by atoms with Gasteiger partial charge in [0, 0.05) is 38.3 Å². The van der Waals surface area contributed by atoms with E-state index in [1.807, 2.05) is 49.5 Å². The minimum Gasteiger partial charge on any atom is -0.493 e. The molecule has 0 radical (unpaired) electrons. The van der Waals surface area contributed by atoms with Gasteiger partial charge in [-0.25, -0.2) is 4.98 Å². The van der Waals surface area contributed by atoms with E-state index in [1.54, 1.807) is 25.5 Å². The maximum Gasteiger partial charge on any atom is 0.195 e. The molecule has 0 spiro atoms. The third-order valence-corrected chi connectivity index (χ3v) is 4.37. The predicted octanol–water partition coefficient (Wildman–Crippen LogP) is 3.42. The molecule has 1 heterocycles. The number of thiazole rings is 1. The molecule has 2 N–H and O–H groups in total. The fraction of sp³-hybridized carbons (Fsp3) is 0.412. The largest absolute Gasteiger partial charge is 0.493 e. The number of guanidine groups is 1. The van der Waals surface area contributed by atoms with Crippen LogP contribution in [0.1, 0.15) is 12.6 Å². The van der Waals surface area contributed by atoms with Gasteiger partial charge < -0.3 is 25.0 Å². The molecule has 0 atom stereocenters. The van der Waals surface area contributed by atoms with Crippen molar-refractivity contribution in [1.29, 1.82) is 0 Å². The van der Waals surface area contributed by atoms with Crippen LogP contribution < -0.4 is 25.0 Å². The van der Waals surface area contributed by atoms with Crippen LogP contribution >= 0.6 is 35.3 Å². The zero-order chi connectivity index (χ0) is 18.2. The van der Waals surface area contributed by atoms with E-state index in [0.29, 0.717) is 24.9 Å². The van der Waals surface area contributed by atoms with E-state index in [2.05, 4.69) is 20.6 Å². The van der Waals surface area contributed by atoms with Gasteiger partial charge in [-0.15, -0.1) is 35.3 Å². The molecule has 0 bridgehead atoms. The molecule has 7 nitrogen and oxygen atoms in total. The summed E-state index contributed by atoms with van der Waals surface area (Å²) in [6.45, 7) is 3.13. The average molecular weight is 491 g/mol. The van der Waals surface area contributed by atoms with Crippen molar-refractivity contribution in [3.8, 4) is 11.5 Å². The summed E-state index contributed by atoms with van der Waals surface area (Å²) in [5.74, 6) is 2.06. The van der Waals surface area contributed by atoms with Crippen molar-refractivity contribution in [3.63, 3.8) is 0 Å².